The molecule has 4 heteroatoms. The standard InChI is InChI=1S/C15H19BrO3/c1-9-6-15(7-10(2)18-9)8-13(17)12-5-11(16)3-4-14(12)19-15/h3-5,9-10,13,17H,6-8H2,1-2H3/t9?,10?,13-,15?/m1/s1. The van der Waals surface area contributed by atoms with E-state index in [4.69, 9.17) is 9.47 Å². The first kappa shape index (κ1) is 13.4. The van der Waals surface area contributed by atoms with Gasteiger partial charge in [-0.2, -0.15) is 0 Å². The van der Waals surface area contributed by atoms with Gasteiger partial charge < -0.3 is 14.6 Å². The molecule has 1 N–H and O–H groups in total. The Morgan fingerprint density at radius 3 is 2.58 bits per heavy atom. The molecule has 0 amide bonds. The Balaban J connectivity index is 1.94. The summed E-state index contributed by atoms with van der Waals surface area (Å²) in [5.74, 6) is 0.809. The first-order chi connectivity index (χ1) is 8.97. The molecule has 2 aliphatic heterocycles. The Labute approximate surface area is 122 Å². The quantitative estimate of drug-likeness (QED) is 0.791. The molecule has 0 aliphatic carbocycles. The summed E-state index contributed by atoms with van der Waals surface area (Å²) in [5, 5.41) is 10.4. The number of halogens is 1. The number of aliphatic hydroxyl groups is 1. The van der Waals surface area contributed by atoms with Crippen molar-refractivity contribution >= 4 is 15.9 Å². The van der Waals surface area contributed by atoms with E-state index in [-0.39, 0.29) is 17.8 Å². The lowest BCUT2D eigenvalue weighted by atomic mass is 9.79. The Morgan fingerprint density at radius 2 is 1.89 bits per heavy atom. The van der Waals surface area contributed by atoms with Crippen LogP contribution in [-0.4, -0.2) is 22.9 Å². The SMILES string of the molecule is CC1CC2(CC(C)O1)C[C@@H](O)c1cc(Br)ccc1O2. The van der Waals surface area contributed by atoms with E-state index < -0.39 is 6.10 Å². The number of hydrogen-bond donors (Lipinski definition) is 1. The van der Waals surface area contributed by atoms with Gasteiger partial charge in [-0.25, -0.2) is 0 Å². The van der Waals surface area contributed by atoms with Gasteiger partial charge >= 0.3 is 0 Å². The number of benzene rings is 1. The summed E-state index contributed by atoms with van der Waals surface area (Å²) < 4.78 is 13.0. The van der Waals surface area contributed by atoms with Gasteiger partial charge in [0.05, 0.1) is 18.3 Å². The molecule has 1 aromatic rings. The van der Waals surface area contributed by atoms with Crippen molar-refractivity contribution in [1.29, 1.82) is 0 Å². The van der Waals surface area contributed by atoms with Gasteiger partial charge in [-0.1, -0.05) is 15.9 Å². The lowest BCUT2D eigenvalue weighted by Gasteiger charge is -2.46. The molecule has 0 radical (unpaired) electrons. The molecule has 0 bridgehead atoms. The van der Waals surface area contributed by atoms with E-state index in [2.05, 4.69) is 29.8 Å². The third kappa shape index (κ3) is 2.54. The van der Waals surface area contributed by atoms with Gasteiger partial charge in [-0.15, -0.1) is 0 Å². The zero-order valence-corrected chi connectivity index (χ0v) is 12.8. The minimum Gasteiger partial charge on any atom is -0.487 e. The van der Waals surface area contributed by atoms with Crippen LogP contribution in [0.5, 0.6) is 5.75 Å². The second-order valence-corrected chi connectivity index (χ2v) is 6.77. The molecular formula is C15H19BrO3. The fourth-order valence-electron chi connectivity index (χ4n) is 3.48. The minimum atomic E-state index is -0.459. The smallest absolute Gasteiger partial charge is 0.126 e. The number of fused-ring (bicyclic) bond motifs is 1. The molecule has 3 atom stereocenters. The van der Waals surface area contributed by atoms with E-state index in [0.717, 1.165) is 28.6 Å². The fourth-order valence-corrected chi connectivity index (χ4v) is 3.86. The number of aliphatic hydroxyl groups excluding tert-OH is 1. The van der Waals surface area contributed by atoms with E-state index in [0.29, 0.717) is 6.42 Å². The molecule has 3 nitrogen and oxygen atoms in total. The predicted octanol–water partition coefficient (Wildman–Crippen LogP) is 3.59. The van der Waals surface area contributed by atoms with Crippen molar-refractivity contribution in [3.8, 4) is 5.75 Å². The molecule has 19 heavy (non-hydrogen) atoms. The molecule has 3 rings (SSSR count). The lowest BCUT2D eigenvalue weighted by Crippen LogP contribution is -2.50. The molecule has 2 unspecified atom stereocenters. The van der Waals surface area contributed by atoms with Gasteiger partial charge in [-0.05, 0) is 32.0 Å². The Kier molecular flexibility index (Phi) is 3.36. The van der Waals surface area contributed by atoms with Gasteiger partial charge in [0.1, 0.15) is 11.4 Å². The molecule has 2 heterocycles. The predicted molar refractivity (Wildman–Crippen MR) is 76.3 cm³/mol. The average Bonchev–Trinajstić information content (AvgIpc) is 2.28. The average molecular weight is 327 g/mol. The molecule has 0 aromatic heterocycles. The van der Waals surface area contributed by atoms with Crippen LogP contribution in [0, 0.1) is 0 Å². The summed E-state index contributed by atoms with van der Waals surface area (Å²) in [4.78, 5) is 0. The highest BCUT2D eigenvalue weighted by Gasteiger charge is 2.45. The maximum atomic E-state index is 10.4. The second kappa shape index (κ2) is 4.76. The third-order valence-electron chi connectivity index (χ3n) is 4.01. The molecule has 1 saturated heterocycles. The van der Waals surface area contributed by atoms with Crippen LogP contribution in [0.2, 0.25) is 0 Å². The number of rotatable bonds is 0. The van der Waals surface area contributed by atoms with E-state index in [1.165, 1.54) is 0 Å². The zero-order valence-electron chi connectivity index (χ0n) is 11.2. The Morgan fingerprint density at radius 1 is 1.21 bits per heavy atom. The highest BCUT2D eigenvalue weighted by Crippen LogP contribution is 2.46. The van der Waals surface area contributed by atoms with Crippen molar-refractivity contribution in [2.24, 2.45) is 0 Å². The van der Waals surface area contributed by atoms with Crippen LogP contribution < -0.4 is 4.74 Å². The Bertz CT molecular complexity index is 478. The van der Waals surface area contributed by atoms with Crippen LogP contribution in [0.25, 0.3) is 0 Å². The van der Waals surface area contributed by atoms with Crippen LogP contribution >= 0.6 is 15.9 Å². The molecule has 104 valence electrons. The van der Waals surface area contributed by atoms with Crippen molar-refractivity contribution in [2.75, 3.05) is 0 Å². The summed E-state index contributed by atoms with van der Waals surface area (Å²) in [7, 11) is 0. The lowest BCUT2D eigenvalue weighted by molar-refractivity contribution is -0.140. The number of ether oxygens (including phenoxy) is 2. The van der Waals surface area contributed by atoms with Crippen LogP contribution in [0.1, 0.15) is 44.8 Å². The fraction of sp³-hybridized carbons (Fsp3) is 0.600. The highest BCUT2D eigenvalue weighted by molar-refractivity contribution is 9.10. The molecule has 0 saturated carbocycles. The van der Waals surface area contributed by atoms with Gasteiger partial charge in [0, 0.05) is 29.3 Å². The summed E-state index contributed by atoms with van der Waals surface area (Å²) in [6.07, 6.45) is 2.21. The summed E-state index contributed by atoms with van der Waals surface area (Å²) in [6.45, 7) is 4.15. The topological polar surface area (TPSA) is 38.7 Å². The monoisotopic (exact) mass is 326 g/mol. The van der Waals surface area contributed by atoms with Crippen LogP contribution in [0.15, 0.2) is 22.7 Å². The van der Waals surface area contributed by atoms with Crippen molar-refractivity contribution in [3.05, 3.63) is 28.2 Å². The largest absolute Gasteiger partial charge is 0.487 e. The summed E-state index contributed by atoms with van der Waals surface area (Å²) in [5.41, 5.74) is 0.601. The maximum absolute atomic E-state index is 10.4. The van der Waals surface area contributed by atoms with Gasteiger partial charge in [0.2, 0.25) is 0 Å². The van der Waals surface area contributed by atoms with Crippen molar-refractivity contribution in [1.82, 2.24) is 0 Å². The van der Waals surface area contributed by atoms with Crippen molar-refractivity contribution < 1.29 is 14.6 Å². The minimum absolute atomic E-state index is 0.174. The van der Waals surface area contributed by atoms with E-state index in [1.807, 2.05) is 18.2 Å². The van der Waals surface area contributed by atoms with Gasteiger partial charge in [0.15, 0.2) is 0 Å². The van der Waals surface area contributed by atoms with E-state index >= 15 is 0 Å². The van der Waals surface area contributed by atoms with E-state index in [1.54, 1.807) is 0 Å². The van der Waals surface area contributed by atoms with Crippen molar-refractivity contribution in [2.45, 2.75) is 57.0 Å². The van der Waals surface area contributed by atoms with Crippen LogP contribution in [0.3, 0.4) is 0 Å². The van der Waals surface area contributed by atoms with Crippen molar-refractivity contribution in [3.63, 3.8) is 0 Å². The highest BCUT2D eigenvalue weighted by atomic mass is 79.9. The van der Waals surface area contributed by atoms with Crippen LogP contribution in [0.4, 0.5) is 0 Å². The second-order valence-electron chi connectivity index (χ2n) is 5.85. The third-order valence-corrected chi connectivity index (χ3v) is 4.50. The molecule has 1 spiro atoms. The van der Waals surface area contributed by atoms with Gasteiger partial charge in [-0.3, -0.25) is 0 Å². The molecule has 2 aliphatic rings. The normalized spacial score (nSPS) is 37.8. The maximum Gasteiger partial charge on any atom is 0.126 e. The van der Waals surface area contributed by atoms with Crippen LogP contribution in [-0.2, 0) is 4.74 Å². The first-order valence-corrected chi connectivity index (χ1v) is 7.59. The number of hydrogen-bond acceptors (Lipinski definition) is 3. The Hall–Kier alpha value is -0.580. The van der Waals surface area contributed by atoms with Gasteiger partial charge in [0.25, 0.3) is 0 Å². The zero-order chi connectivity index (χ0) is 13.6. The first-order valence-electron chi connectivity index (χ1n) is 6.79. The summed E-state index contributed by atoms with van der Waals surface area (Å²) >= 11 is 3.44. The molecule has 1 aromatic carbocycles. The molecular weight excluding hydrogens is 308 g/mol. The van der Waals surface area contributed by atoms with E-state index in [9.17, 15) is 5.11 Å². The summed E-state index contributed by atoms with van der Waals surface area (Å²) in [6, 6.07) is 5.84. The molecule has 1 fully saturated rings.